The van der Waals surface area contributed by atoms with Gasteiger partial charge >= 0.3 is 0 Å². The Kier molecular flexibility index (Phi) is 4.68. The molecule has 0 radical (unpaired) electrons. The molecule has 0 spiro atoms. The van der Waals surface area contributed by atoms with Gasteiger partial charge in [-0.05, 0) is 19.4 Å². The lowest BCUT2D eigenvalue weighted by atomic mass is 10.2. The summed E-state index contributed by atoms with van der Waals surface area (Å²) in [7, 11) is 0. The first-order valence-corrected chi connectivity index (χ1v) is 5.08. The standard InChI is InChI=1S/C10H18N6/c1-3-9(10(11)15-16-12)14-6-8-5-13-4-7(8)2/h3,6,13,16H,4-5,12H2,1-2H3,(H2,11,15)/b9-3?,14-6-. The Balaban J connectivity index is 2.75. The molecule has 0 unspecified atom stereocenters. The Bertz CT molecular complexity index is 364. The van der Waals surface area contributed by atoms with E-state index >= 15 is 0 Å². The molecule has 0 amide bonds. The van der Waals surface area contributed by atoms with E-state index in [4.69, 9.17) is 11.6 Å². The highest BCUT2D eigenvalue weighted by Gasteiger charge is 2.07. The number of hydrogen-bond donors (Lipinski definition) is 4. The molecular formula is C10H18N6. The van der Waals surface area contributed by atoms with Gasteiger partial charge in [-0.1, -0.05) is 11.6 Å². The second-order valence-corrected chi connectivity index (χ2v) is 3.47. The predicted octanol–water partition coefficient (Wildman–Crippen LogP) is -0.384. The Morgan fingerprint density at radius 3 is 2.75 bits per heavy atom. The quantitative estimate of drug-likeness (QED) is 0.225. The zero-order valence-electron chi connectivity index (χ0n) is 9.62. The van der Waals surface area contributed by atoms with Crippen molar-refractivity contribution in [3.63, 3.8) is 0 Å². The van der Waals surface area contributed by atoms with Crippen LogP contribution in [0, 0.1) is 0 Å². The average molecular weight is 222 g/mol. The molecule has 6 nitrogen and oxygen atoms in total. The molecule has 0 aromatic carbocycles. The molecule has 88 valence electrons. The fraction of sp³-hybridized carbons (Fsp3) is 0.400. The molecule has 1 rings (SSSR count). The van der Waals surface area contributed by atoms with E-state index in [0.717, 1.165) is 13.1 Å². The third-order valence-electron chi connectivity index (χ3n) is 2.33. The van der Waals surface area contributed by atoms with Crippen LogP contribution in [0.15, 0.2) is 33.0 Å². The number of hydrazone groups is 1. The van der Waals surface area contributed by atoms with Crippen LogP contribution in [-0.4, -0.2) is 25.1 Å². The number of aliphatic imine (C=N–C) groups is 1. The number of hydrogen-bond acceptors (Lipinski definition) is 5. The summed E-state index contributed by atoms with van der Waals surface area (Å²) in [6.45, 7) is 5.69. The first kappa shape index (κ1) is 12.4. The smallest absolute Gasteiger partial charge is 0.170 e. The van der Waals surface area contributed by atoms with E-state index in [-0.39, 0.29) is 5.84 Å². The minimum absolute atomic E-state index is 0.269. The fourth-order valence-electron chi connectivity index (χ4n) is 1.37. The van der Waals surface area contributed by atoms with Crippen LogP contribution in [0.25, 0.3) is 0 Å². The molecule has 0 aromatic heterocycles. The van der Waals surface area contributed by atoms with Crippen molar-refractivity contribution in [2.45, 2.75) is 13.8 Å². The third-order valence-corrected chi connectivity index (χ3v) is 2.33. The number of hydrazine groups is 1. The number of allylic oxidation sites excluding steroid dienone is 1. The van der Waals surface area contributed by atoms with E-state index in [1.54, 1.807) is 6.08 Å². The summed E-state index contributed by atoms with van der Waals surface area (Å²) in [5, 5.41) is 6.91. The number of rotatable bonds is 4. The van der Waals surface area contributed by atoms with Crippen molar-refractivity contribution in [1.29, 1.82) is 0 Å². The van der Waals surface area contributed by atoms with Crippen molar-refractivity contribution in [2.24, 2.45) is 21.7 Å². The van der Waals surface area contributed by atoms with E-state index in [1.165, 1.54) is 11.1 Å². The second kappa shape index (κ2) is 6.04. The number of nitrogens with one attached hydrogen (secondary N) is 2. The van der Waals surface area contributed by atoms with Crippen LogP contribution in [0.1, 0.15) is 13.8 Å². The average Bonchev–Trinajstić information content (AvgIpc) is 2.66. The topological polar surface area (TPSA) is 101 Å². The van der Waals surface area contributed by atoms with Crippen molar-refractivity contribution in [3.8, 4) is 0 Å². The zero-order valence-corrected chi connectivity index (χ0v) is 9.62. The van der Waals surface area contributed by atoms with Gasteiger partial charge in [0.1, 0.15) is 5.70 Å². The fourth-order valence-corrected chi connectivity index (χ4v) is 1.37. The minimum atomic E-state index is 0.269. The van der Waals surface area contributed by atoms with Gasteiger partial charge in [-0.25, -0.2) is 11.4 Å². The zero-order chi connectivity index (χ0) is 12.0. The number of nitrogens with two attached hydrogens (primary N) is 2. The molecule has 6 N–H and O–H groups in total. The predicted molar refractivity (Wildman–Crippen MR) is 66.8 cm³/mol. The van der Waals surface area contributed by atoms with Gasteiger partial charge in [-0.3, -0.25) is 4.99 Å². The molecule has 0 saturated heterocycles. The van der Waals surface area contributed by atoms with Gasteiger partial charge in [0, 0.05) is 19.3 Å². The van der Waals surface area contributed by atoms with E-state index in [0.29, 0.717) is 5.70 Å². The normalized spacial score (nSPS) is 18.7. The summed E-state index contributed by atoms with van der Waals surface area (Å²) in [6.07, 6.45) is 3.59. The van der Waals surface area contributed by atoms with Gasteiger partial charge in [0.2, 0.25) is 0 Å². The van der Waals surface area contributed by atoms with E-state index < -0.39 is 0 Å². The van der Waals surface area contributed by atoms with Crippen LogP contribution in [0.5, 0.6) is 0 Å². The molecule has 6 heteroatoms. The number of nitrogens with zero attached hydrogens (tertiary/aromatic N) is 2. The Morgan fingerprint density at radius 1 is 1.50 bits per heavy atom. The van der Waals surface area contributed by atoms with Crippen LogP contribution in [0.3, 0.4) is 0 Å². The monoisotopic (exact) mass is 222 g/mol. The minimum Gasteiger partial charge on any atom is -0.380 e. The lowest BCUT2D eigenvalue weighted by molar-refractivity contribution is 0.803. The van der Waals surface area contributed by atoms with E-state index in [1.807, 2.05) is 13.1 Å². The molecule has 0 aromatic rings. The Morgan fingerprint density at radius 2 is 2.25 bits per heavy atom. The maximum absolute atomic E-state index is 5.65. The largest absolute Gasteiger partial charge is 0.380 e. The van der Waals surface area contributed by atoms with Crippen molar-refractivity contribution in [2.75, 3.05) is 13.1 Å². The molecule has 1 aliphatic rings. The van der Waals surface area contributed by atoms with Crippen molar-refractivity contribution >= 4 is 12.1 Å². The highest BCUT2D eigenvalue weighted by atomic mass is 15.5. The van der Waals surface area contributed by atoms with Crippen LogP contribution >= 0.6 is 0 Å². The Labute approximate surface area is 95.1 Å². The van der Waals surface area contributed by atoms with Gasteiger partial charge in [0.15, 0.2) is 5.84 Å². The Hall–Kier alpha value is -1.66. The molecule has 0 bridgehead atoms. The second-order valence-electron chi connectivity index (χ2n) is 3.47. The molecule has 0 saturated carbocycles. The van der Waals surface area contributed by atoms with Gasteiger partial charge < -0.3 is 11.1 Å². The van der Waals surface area contributed by atoms with Crippen molar-refractivity contribution < 1.29 is 0 Å². The SMILES string of the molecule is CC=C(/N=C\C1=C(C)CNC1)/C(N)=N/NN. The van der Waals surface area contributed by atoms with Gasteiger partial charge in [-0.15, -0.1) is 5.10 Å². The van der Waals surface area contributed by atoms with Crippen LogP contribution < -0.4 is 22.4 Å². The maximum Gasteiger partial charge on any atom is 0.170 e. The maximum atomic E-state index is 5.65. The lowest BCUT2D eigenvalue weighted by Crippen LogP contribution is -2.23. The highest BCUT2D eigenvalue weighted by molar-refractivity contribution is 5.98. The molecule has 0 aliphatic carbocycles. The van der Waals surface area contributed by atoms with Gasteiger partial charge in [0.05, 0.1) is 0 Å². The first-order valence-electron chi connectivity index (χ1n) is 5.08. The van der Waals surface area contributed by atoms with E-state index in [9.17, 15) is 0 Å². The molecular weight excluding hydrogens is 204 g/mol. The van der Waals surface area contributed by atoms with Crippen LogP contribution in [0.4, 0.5) is 0 Å². The summed E-state index contributed by atoms with van der Waals surface area (Å²) in [6, 6.07) is 0. The highest BCUT2D eigenvalue weighted by Crippen LogP contribution is 2.07. The number of amidine groups is 1. The third kappa shape index (κ3) is 3.18. The summed E-state index contributed by atoms with van der Waals surface area (Å²) in [5.74, 6) is 5.32. The lowest BCUT2D eigenvalue weighted by Gasteiger charge is -2.00. The molecule has 0 atom stereocenters. The molecule has 0 fully saturated rings. The molecule has 1 heterocycles. The van der Waals surface area contributed by atoms with Crippen LogP contribution in [-0.2, 0) is 0 Å². The molecule has 16 heavy (non-hydrogen) atoms. The van der Waals surface area contributed by atoms with Crippen molar-refractivity contribution in [1.82, 2.24) is 10.9 Å². The summed E-state index contributed by atoms with van der Waals surface area (Å²) in [4.78, 5) is 4.28. The van der Waals surface area contributed by atoms with Crippen LogP contribution in [0.2, 0.25) is 0 Å². The van der Waals surface area contributed by atoms with E-state index in [2.05, 4.69) is 27.9 Å². The summed E-state index contributed by atoms with van der Waals surface area (Å²) < 4.78 is 0. The molecule has 1 aliphatic heterocycles. The summed E-state index contributed by atoms with van der Waals surface area (Å²) in [5.41, 5.74) is 10.9. The summed E-state index contributed by atoms with van der Waals surface area (Å²) >= 11 is 0. The van der Waals surface area contributed by atoms with Gasteiger partial charge in [0.25, 0.3) is 0 Å². The van der Waals surface area contributed by atoms with Gasteiger partial charge in [-0.2, -0.15) is 0 Å². The first-order chi connectivity index (χ1) is 7.69. The van der Waals surface area contributed by atoms with Crippen molar-refractivity contribution in [3.05, 3.63) is 22.9 Å².